The van der Waals surface area contributed by atoms with Gasteiger partial charge in [-0.1, -0.05) is 0 Å². The van der Waals surface area contributed by atoms with Gasteiger partial charge < -0.3 is 5.32 Å². The van der Waals surface area contributed by atoms with E-state index in [-0.39, 0.29) is 0 Å². The lowest BCUT2D eigenvalue weighted by Gasteiger charge is -2.58. The summed E-state index contributed by atoms with van der Waals surface area (Å²) >= 11 is 0. The van der Waals surface area contributed by atoms with Gasteiger partial charge in [-0.3, -0.25) is 0 Å². The summed E-state index contributed by atoms with van der Waals surface area (Å²) in [4.78, 5) is 0. The first-order chi connectivity index (χ1) is 7.10. The second kappa shape index (κ2) is 3.23. The van der Waals surface area contributed by atoms with Crippen molar-refractivity contribution in [3.8, 4) is 0 Å². The Morgan fingerprint density at radius 2 is 1.33 bits per heavy atom. The number of rotatable bonds is 2. The predicted molar refractivity (Wildman–Crippen MR) is 63.7 cm³/mol. The largest absolute Gasteiger partial charge is 0.315 e. The molecule has 4 aliphatic rings. The smallest absolute Gasteiger partial charge is 0.0155 e. The van der Waals surface area contributed by atoms with Gasteiger partial charge in [0.1, 0.15) is 0 Å². The van der Waals surface area contributed by atoms with Crippen molar-refractivity contribution in [3.63, 3.8) is 0 Å². The molecule has 0 aromatic heterocycles. The molecule has 4 aliphatic carbocycles. The first kappa shape index (κ1) is 10.1. The Labute approximate surface area is 94.0 Å². The number of hydrogen-bond donors (Lipinski definition) is 1. The first-order valence-corrected chi connectivity index (χ1v) is 6.79. The van der Waals surface area contributed by atoms with Crippen LogP contribution in [-0.2, 0) is 0 Å². The summed E-state index contributed by atoms with van der Waals surface area (Å²) in [5.41, 5.74) is 0.364. The minimum Gasteiger partial charge on any atom is -0.315 e. The van der Waals surface area contributed by atoms with Crippen LogP contribution in [0.2, 0.25) is 0 Å². The Kier molecular flexibility index (Phi) is 2.18. The standard InChI is InChI=1S/C14H25N/c1-14(2,15-3)13-11-5-9-4-10(7-11)8-12(13)6-9/h9-13,15H,4-8H2,1-3H3. The van der Waals surface area contributed by atoms with E-state index in [1.54, 1.807) is 32.1 Å². The maximum Gasteiger partial charge on any atom is 0.0155 e. The van der Waals surface area contributed by atoms with Crippen molar-refractivity contribution in [2.75, 3.05) is 7.05 Å². The van der Waals surface area contributed by atoms with Crippen molar-refractivity contribution in [1.29, 1.82) is 0 Å². The van der Waals surface area contributed by atoms with Crippen LogP contribution in [0, 0.1) is 29.6 Å². The van der Waals surface area contributed by atoms with Gasteiger partial charge in [-0.25, -0.2) is 0 Å². The van der Waals surface area contributed by atoms with Crippen LogP contribution in [0.1, 0.15) is 46.0 Å². The lowest BCUT2D eigenvalue weighted by atomic mass is 9.48. The minimum atomic E-state index is 0.364. The fourth-order valence-corrected chi connectivity index (χ4v) is 5.27. The molecule has 1 N–H and O–H groups in total. The lowest BCUT2D eigenvalue weighted by Crippen LogP contribution is -2.57. The molecule has 0 spiro atoms. The summed E-state index contributed by atoms with van der Waals surface area (Å²) in [7, 11) is 2.14. The molecule has 86 valence electrons. The van der Waals surface area contributed by atoms with E-state index in [1.807, 2.05) is 0 Å². The van der Waals surface area contributed by atoms with Crippen molar-refractivity contribution < 1.29 is 0 Å². The fourth-order valence-electron chi connectivity index (χ4n) is 5.27. The van der Waals surface area contributed by atoms with Gasteiger partial charge in [0, 0.05) is 5.54 Å². The minimum absolute atomic E-state index is 0.364. The van der Waals surface area contributed by atoms with Crippen LogP contribution in [0.5, 0.6) is 0 Å². The van der Waals surface area contributed by atoms with Crippen LogP contribution in [-0.4, -0.2) is 12.6 Å². The summed E-state index contributed by atoms with van der Waals surface area (Å²) in [6.45, 7) is 4.83. The Bertz CT molecular complexity index is 228. The monoisotopic (exact) mass is 207 g/mol. The van der Waals surface area contributed by atoms with Gasteiger partial charge in [-0.2, -0.15) is 0 Å². The molecule has 1 nitrogen and oxygen atoms in total. The molecule has 4 saturated carbocycles. The second-order valence-corrected chi connectivity index (χ2v) is 6.93. The molecular formula is C14H25N. The van der Waals surface area contributed by atoms with Crippen molar-refractivity contribution in [2.24, 2.45) is 29.6 Å². The van der Waals surface area contributed by atoms with Gasteiger partial charge in [0.05, 0.1) is 0 Å². The molecule has 0 heterocycles. The summed E-state index contributed by atoms with van der Waals surface area (Å²) in [5.74, 6) is 5.26. The van der Waals surface area contributed by atoms with E-state index >= 15 is 0 Å². The Hall–Kier alpha value is -0.0400. The molecule has 15 heavy (non-hydrogen) atoms. The summed E-state index contributed by atoms with van der Waals surface area (Å²) in [6, 6.07) is 0. The molecule has 0 amide bonds. The van der Waals surface area contributed by atoms with Crippen LogP contribution in [0.3, 0.4) is 0 Å². The van der Waals surface area contributed by atoms with Gasteiger partial charge in [-0.15, -0.1) is 0 Å². The molecule has 0 atom stereocenters. The van der Waals surface area contributed by atoms with Crippen molar-refractivity contribution in [2.45, 2.75) is 51.5 Å². The average molecular weight is 207 g/mol. The van der Waals surface area contributed by atoms with Crippen LogP contribution in [0.15, 0.2) is 0 Å². The van der Waals surface area contributed by atoms with E-state index in [0.717, 1.165) is 29.6 Å². The zero-order valence-corrected chi connectivity index (χ0v) is 10.4. The molecule has 0 radical (unpaired) electrons. The van der Waals surface area contributed by atoms with E-state index in [4.69, 9.17) is 0 Å². The van der Waals surface area contributed by atoms with Crippen molar-refractivity contribution in [3.05, 3.63) is 0 Å². The molecule has 0 unspecified atom stereocenters. The Morgan fingerprint density at radius 3 is 1.73 bits per heavy atom. The first-order valence-electron chi connectivity index (χ1n) is 6.79. The van der Waals surface area contributed by atoms with E-state index in [0.29, 0.717) is 5.54 Å². The van der Waals surface area contributed by atoms with Crippen LogP contribution < -0.4 is 5.32 Å². The number of hydrogen-bond acceptors (Lipinski definition) is 1. The molecule has 0 saturated heterocycles. The Morgan fingerprint density at radius 1 is 0.867 bits per heavy atom. The molecule has 4 fully saturated rings. The van der Waals surface area contributed by atoms with E-state index in [9.17, 15) is 0 Å². The third-order valence-corrected chi connectivity index (χ3v) is 5.70. The van der Waals surface area contributed by atoms with Gasteiger partial charge in [0.2, 0.25) is 0 Å². The highest BCUT2D eigenvalue weighted by atomic mass is 14.9. The maximum absolute atomic E-state index is 3.57. The highest BCUT2D eigenvalue weighted by molar-refractivity contribution is 5.04. The highest BCUT2D eigenvalue weighted by Gasteiger charge is 2.52. The topological polar surface area (TPSA) is 12.0 Å². The number of nitrogens with one attached hydrogen (secondary N) is 1. The third-order valence-electron chi connectivity index (χ3n) is 5.70. The van der Waals surface area contributed by atoms with E-state index in [2.05, 4.69) is 26.2 Å². The highest BCUT2D eigenvalue weighted by Crippen LogP contribution is 2.58. The van der Waals surface area contributed by atoms with E-state index in [1.165, 1.54) is 0 Å². The molecule has 4 rings (SSSR count). The van der Waals surface area contributed by atoms with Crippen LogP contribution in [0.4, 0.5) is 0 Å². The summed E-state index contributed by atoms with van der Waals surface area (Å²) in [5, 5.41) is 3.57. The van der Waals surface area contributed by atoms with Gasteiger partial charge in [0.15, 0.2) is 0 Å². The van der Waals surface area contributed by atoms with Crippen molar-refractivity contribution in [1.82, 2.24) is 5.32 Å². The SMILES string of the molecule is CNC(C)(C)C1C2CC3CC(C2)CC1C3. The molecule has 1 heteroatoms. The molecular weight excluding hydrogens is 182 g/mol. The molecule has 4 bridgehead atoms. The van der Waals surface area contributed by atoms with Gasteiger partial charge in [0.25, 0.3) is 0 Å². The van der Waals surface area contributed by atoms with Crippen LogP contribution in [0.25, 0.3) is 0 Å². The zero-order chi connectivity index (χ0) is 10.6. The second-order valence-electron chi connectivity index (χ2n) is 6.93. The fraction of sp³-hybridized carbons (Fsp3) is 1.00. The molecule has 0 aliphatic heterocycles. The van der Waals surface area contributed by atoms with Gasteiger partial charge in [-0.05, 0) is 82.6 Å². The van der Waals surface area contributed by atoms with Gasteiger partial charge >= 0.3 is 0 Å². The summed E-state index contributed by atoms with van der Waals surface area (Å²) < 4.78 is 0. The maximum atomic E-state index is 3.57. The van der Waals surface area contributed by atoms with Crippen molar-refractivity contribution >= 4 is 0 Å². The predicted octanol–water partition coefficient (Wildman–Crippen LogP) is 3.06. The molecule has 0 aromatic rings. The average Bonchev–Trinajstić information content (AvgIpc) is 2.15. The summed E-state index contributed by atoms with van der Waals surface area (Å²) in [6.07, 6.45) is 7.75. The van der Waals surface area contributed by atoms with Crippen LogP contribution >= 0.6 is 0 Å². The Balaban J connectivity index is 1.86. The molecule has 0 aromatic carbocycles. The normalized spacial score (nSPS) is 48.6. The third kappa shape index (κ3) is 1.46. The zero-order valence-electron chi connectivity index (χ0n) is 10.4. The quantitative estimate of drug-likeness (QED) is 0.734. The van der Waals surface area contributed by atoms with E-state index < -0.39 is 0 Å². The lowest BCUT2D eigenvalue weighted by molar-refractivity contribution is -0.0688.